The van der Waals surface area contributed by atoms with Gasteiger partial charge in [0.15, 0.2) is 6.61 Å². The van der Waals surface area contributed by atoms with Crippen LogP contribution in [-0.2, 0) is 23.9 Å². The van der Waals surface area contributed by atoms with Gasteiger partial charge in [-0.25, -0.2) is 4.79 Å². The van der Waals surface area contributed by atoms with Crippen LogP contribution in [-0.4, -0.2) is 57.4 Å². The Balaban J connectivity index is 1.46. The smallest absolute Gasteiger partial charge is 0.340 e. The summed E-state index contributed by atoms with van der Waals surface area (Å²) in [6.45, 7) is 5.24. The number of carbonyl (C=O) groups excluding carboxylic acids is 3. The second kappa shape index (κ2) is 12.4. The van der Waals surface area contributed by atoms with Crippen LogP contribution in [0.15, 0.2) is 65.4 Å². The molecule has 0 unspecified atom stereocenters. The van der Waals surface area contributed by atoms with E-state index >= 15 is 0 Å². The molecule has 38 heavy (non-hydrogen) atoms. The maximum Gasteiger partial charge on any atom is 0.340 e. The number of allylic oxidation sites excluding steroid dienone is 1. The molecule has 2 amide bonds. The van der Waals surface area contributed by atoms with Gasteiger partial charge in [-0.05, 0) is 74.7 Å². The molecule has 9 nitrogen and oxygen atoms in total. The molecule has 4 rings (SSSR count). The number of methoxy groups -OCH3 is 1. The number of amides is 2. The molecule has 0 spiro atoms. The summed E-state index contributed by atoms with van der Waals surface area (Å²) in [5, 5.41) is 2.81. The van der Waals surface area contributed by atoms with Crippen LogP contribution in [0.5, 0.6) is 11.5 Å². The molecule has 1 saturated heterocycles. The highest BCUT2D eigenvalue weighted by Gasteiger charge is 2.37. The fourth-order valence-corrected chi connectivity index (χ4v) is 4.41. The summed E-state index contributed by atoms with van der Waals surface area (Å²) in [5.74, 6) is 0.0463. The number of nitrogens with one attached hydrogen (secondary N) is 1. The molecule has 0 bridgehead atoms. The lowest BCUT2D eigenvalue weighted by Crippen LogP contribution is -2.35. The molecule has 9 heteroatoms. The summed E-state index contributed by atoms with van der Waals surface area (Å²) in [4.78, 5) is 39.7. The first-order valence-electron chi connectivity index (χ1n) is 12.6. The van der Waals surface area contributed by atoms with Crippen molar-refractivity contribution in [3.8, 4) is 11.5 Å². The van der Waals surface area contributed by atoms with Crippen LogP contribution in [0.2, 0.25) is 0 Å². The van der Waals surface area contributed by atoms with Crippen LogP contribution < -0.4 is 19.7 Å². The van der Waals surface area contributed by atoms with Crippen LogP contribution in [0.4, 0.5) is 5.69 Å². The van der Waals surface area contributed by atoms with E-state index in [-0.39, 0.29) is 35.7 Å². The normalized spacial score (nSPS) is 18.2. The van der Waals surface area contributed by atoms with E-state index in [2.05, 4.69) is 5.32 Å². The maximum absolute atomic E-state index is 13.5. The molecular weight excluding hydrogens is 488 g/mol. The van der Waals surface area contributed by atoms with E-state index in [4.69, 9.17) is 18.9 Å². The molecule has 1 N–H and O–H groups in total. The Morgan fingerprint density at radius 3 is 2.39 bits per heavy atom. The number of hydrogen-bond donors (Lipinski definition) is 1. The average Bonchev–Trinajstić information content (AvgIpc) is 3.53. The van der Waals surface area contributed by atoms with Crippen molar-refractivity contribution in [1.29, 1.82) is 0 Å². The van der Waals surface area contributed by atoms with Gasteiger partial charge in [-0.15, -0.1) is 0 Å². The van der Waals surface area contributed by atoms with Crippen molar-refractivity contribution in [3.63, 3.8) is 0 Å². The van der Waals surface area contributed by atoms with Crippen molar-refractivity contribution in [2.24, 2.45) is 0 Å². The minimum absolute atomic E-state index is 0.0718. The van der Waals surface area contributed by atoms with E-state index < -0.39 is 5.97 Å². The molecule has 2 aliphatic heterocycles. The molecular formula is C29H32N2O7. The highest BCUT2D eigenvalue weighted by molar-refractivity contribution is 6.23. The summed E-state index contributed by atoms with van der Waals surface area (Å²) in [5.41, 5.74) is 2.21. The molecule has 1 atom stereocenters. The largest absolute Gasteiger partial charge is 0.494 e. The van der Waals surface area contributed by atoms with Gasteiger partial charge in [-0.2, -0.15) is 0 Å². The third kappa shape index (κ3) is 6.23. The lowest BCUT2D eigenvalue weighted by Gasteiger charge is -2.18. The van der Waals surface area contributed by atoms with Crippen molar-refractivity contribution in [1.82, 2.24) is 5.32 Å². The fourth-order valence-electron chi connectivity index (χ4n) is 4.41. The fraction of sp³-hybridized carbons (Fsp3) is 0.345. The van der Waals surface area contributed by atoms with E-state index in [1.807, 2.05) is 6.92 Å². The zero-order valence-electron chi connectivity index (χ0n) is 21.8. The third-order valence-electron chi connectivity index (χ3n) is 6.31. The van der Waals surface area contributed by atoms with Gasteiger partial charge in [0.1, 0.15) is 11.5 Å². The van der Waals surface area contributed by atoms with Crippen molar-refractivity contribution in [2.45, 2.75) is 32.8 Å². The second-order valence-corrected chi connectivity index (χ2v) is 8.87. The van der Waals surface area contributed by atoms with Gasteiger partial charge >= 0.3 is 5.97 Å². The molecule has 0 saturated carbocycles. The van der Waals surface area contributed by atoms with Crippen molar-refractivity contribution in [2.75, 3.05) is 38.4 Å². The van der Waals surface area contributed by atoms with E-state index in [1.54, 1.807) is 61.5 Å². The number of esters is 1. The second-order valence-electron chi connectivity index (χ2n) is 8.87. The quantitative estimate of drug-likeness (QED) is 0.377. The zero-order chi connectivity index (χ0) is 27.1. The van der Waals surface area contributed by atoms with Gasteiger partial charge in [0.05, 0.1) is 31.0 Å². The molecule has 2 aromatic rings. The van der Waals surface area contributed by atoms with E-state index in [0.29, 0.717) is 41.6 Å². The number of ether oxygens (including phenoxy) is 4. The number of anilines is 1. The Morgan fingerprint density at radius 1 is 1.08 bits per heavy atom. The highest BCUT2D eigenvalue weighted by Crippen LogP contribution is 2.36. The predicted octanol–water partition coefficient (Wildman–Crippen LogP) is 3.64. The molecule has 2 aliphatic rings. The summed E-state index contributed by atoms with van der Waals surface area (Å²) in [7, 11) is 1.29. The number of carbonyl (C=O) groups is 3. The first-order chi connectivity index (χ1) is 18.4. The van der Waals surface area contributed by atoms with Crippen LogP contribution >= 0.6 is 0 Å². The Bertz CT molecular complexity index is 1230. The van der Waals surface area contributed by atoms with Crippen LogP contribution in [0.1, 0.15) is 32.3 Å². The highest BCUT2D eigenvalue weighted by atomic mass is 16.5. The number of benzene rings is 2. The van der Waals surface area contributed by atoms with Crippen LogP contribution in [0, 0.1) is 0 Å². The molecule has 0 aromatic heterocycles. The van der Waals surface area contributed by atoms with Crippen molar-refractivity contribution in [3.05, 3.63) is 70.9 Å². The Hall–Kier alpha value is -4.11. The standard InChI is InChI=1S/C29H32N2O7/c1-4-36-22-13-9-21(10-14-22)31-19(2)27(29(34)35-3)25(28(31)33)16-20-7-11-23(12-8-20)38-18-26(32)30-17-24-6-5-15-37-24/h7-14,16,24H,4-6,15,17-18H2,1-3H3,(H,30,32)/b25-16-/t24-/m1/s1. The molecule has 200 valence electrons. The lowest BCUT2D eigenvalue weighted by atomic mass is 10.0. The van der Waals surface area contributed by atoms with Gasteiger partial charge in [0, 0.05) is 24.5 Å². The Labute approximate surface area is 222 Å². The van der Waals surface area contributed by atoms with Gasteiger partial charge < -0.3 is 24.3 Å². The van der Waals surface area contributed by atoms with E-state index in [9.17, 15) is 14.4 Å². The Kier molecular flexibility index (Phi) is 8.81. The van der Waals surface area contributed by atoms with Crippen molar-refractivity contribution < 1.29 is 33.3 Å². The van der Waals surface area contributed by atoms with Gasteiger partial charge in [0.25, 0.3) is 11.8 Å². The Morgan fingerprint density at radius 2 is 1.76 bits per heavy atom. The van der Waals surface area contributed by atoms with Crippen LogP contribution in [0.25, 0.3) is 6.08 Å². The first-order valence-corrected chi connectivity index (χ1v) is 12.6. The SMILES string of the molecule is CCOc1ccc(N2C(=O)/C(=C\c3ccc(OCC(=O)NC[C@H]4CCCO4)cc3)C(C(=O)OC)=C2C)cc1. The predicted molar refractivity (Wildman–Crippen MR) is 142 cm³/mol. The van der Waals surface area contributed by atoms with E-state index in [0.717, 1.165) is 19.4 Å². The number of nitrogens with zero attached hydrogens (tertiary/aromatic N) is 1. The summed E-state index contributed by atoms with van der Waals surface area (Å²) < 4.78 is 21.5. The molecule has 0 aliphatic carbocycles. The number of rotatable bonds is 10. The average molecular weight is 521 g/mol. The summed E-state index contributed by atoms with van der Waals surface area (Å²) in [6.07, 6.45) is 3.68. The molecule has 2 aromatic carbocycles. The minimum Gasteiger partial charge on any atom is -0.494 e. The zero-order valence-corrected chi connectivity index (χ0v) is 21.8. The number of hydrogen-bond acceptors (Lipinski definition) is 7. The topological polar surface area (TPSA) is 103 Å². The van der Waals surface area contributed by atoms with Gasteiger partial charge in [-0.3, -0.25) is 14.5 Å². The first kappa shape index (κ1) is 26.9. The monoisotopic (exact) mass is 520 g/mol. The molecule has 2 heterocycles. The van der Waals surface area contributed by atoms with Crippen LogP contribution in [0.3, 0.4) is 0 Å². The van der Waals surface area contributed by atoms with Gasteiger partial charge in [0.2, 0.25) is 0 Å². The van der Waals surface area contributed by atoms with Crippen molar-refractivity contribution >= 4 is 29.5 Å². The molecule has 0 radical (unpaired) electrons. The summed E-state index contributed by atoms with van der Waals surface area (Å²) >= 11 is 0. The van der Waals surface area contributed by atoms with E-state index in [1.165, 1.54) is 12.0 Å². The third-order valence-corrected chi connectivity index (χ3v) is 6.31. The maximum atomic E-state index is 13.5. The van der Waals surface area contributed by atoms with Gasteiger partial charge in [-0.1, -0.05) is 12.1 Å². The molecule has 1 fully saturated rings. The summed E-state index contributed by atoms with van der Waals surface area (Å²) in [6, 6.07) is 14.0. The minimum atomic E-state index is -0.593. The lowest BCUT2D eigenvalue weighted by molar-refractivity contribution is -0.136.